The molecule has 154 valence electrons. The predicted molar refractivity (Wildman–Crippen MR) is 110 cm³/mol. The average Bonchev–Trinajstić information content (AvgIpc) is 2.60. The van der Waals surface area contributed by atoms with E-state index in [2.05, 4.69) is 5.32 Å². The van der Waals surface area contributed by atoms with Crippen LogP contribution in [-0.2, 0) is 25.6 Å². The second-order valence-electron chi connectivity index (χ2n) is 7.29. The topological polar surface area (TPSA) is 83.6 Å². The highest BCUT2D eigenvalue weighted by atomic mass is 16.2. The van der Waals surface area contributed by atoms with Gasteiger partial charge in [-0.25, -0.2) is 0 Å². The molecule has 0 fully saturated rings. The Balaban J connectivity index is 2.37. The number of nitrogens with zero attached hydrogens (tertiary/aromatic N) is 1. The van der Waals surface area contributed by atoms with Gasteiger partial charge in [-0.05, 0) is 58.2 Å². The molecule has 2 amide bonds. The van der Waals surface area contributed by atoms with E-state index in [0.717, 1.165) is 5.56 Å². The largest absolute Gasteiger partial charge is 0.341 e. The Hall–Kier alpha value is -2.50. The maximum Gasteiger partial charge on any atom is 0.224 e. The minimum Gasteiger partial charge on any atom is -0.341 e. The van der Waals surface area contributed by atoms with Gasteiger partial charge >= 0.3 is 0 Å². The van der Waals surface area contributed by atoms with Crippen molar-refractivity contribution in [3.8, 4) is 0 Å². The summed E-state index contributed by atoms with van der Waals surface area (Å²) in [6.07, 6.45) is 2.08. The van der Waals surface area contributed by atoms with Crippen LogP contribution < -0.4 is 5.32 Å². The van der Waals surface area contributed by atoms with Gasteiger partial charge < -0.3 is 10.2 Å². The molecule has 0 unspecified atom stereocenters. The van der Waals surface area contributed by atoms with E-state index in [1.54, 1.807) is 17.0 Å². The van der Waals surface area contributed by atoms with Crippen LogP contribution in [0.1, 0.15) is 65.4 Å². The fourth-order valence-electron chi connectivity index (χ4n) is 3.00. The Kier molecular flexibility index (Phi) is 10.1. The zero-order valence-electron chi connectivity index (χ0n) is 17.4. The summed E-state index contributed by atoms with van der Waals surface area (Å²) < 4.78 is 0. The summed E-state index contributed by atoms with van der Waals surface area (Å²) in [7, 11) is 0. The number of amides is 2. The molecule has 28 heavy (non-hydrogen) atoms. The third-order valence-electron chi connectivity index (χ3n) is 4.46. The fourth-order valence-corrected chi connectivity index (χ4v) is 3.00. The van der Waals surface area contributed by atoms with Gasteiger partial charge in [0.2, 0.25) is 11.8 Å². The van der Waals surface area contributed by atoms with Crippen LogP contribution in [0.4, 0.5) is 5.69 Å². The molecular formula is C22H32N2O4. The van der Waals surface area contributed by atoms with Gasteiger partial charge in [-0.2, -0.15) is 0 Å². The molecule has 1 rings (SSSR count). The molecule has 0 saturated carbocycles. The highest BCUT2D eigenvalue weighted by molar-refractivity contribution is 5.98. The van der Waals surface area contributed by atoms with Crippen molar-refractivity contribution in [1.82, 2.24) is 4.90 Å². The van der Waals surface area contributed by atoms with Crippen LogP contribution in [0.5, 0.6) is 0 Å². The standard InChI is InChI=1S/C22H32N2O4/c1-5-24(16(2)3)22(28)8-6-7-21(27)23-19-12-9-18(10-13-19)11-14-20(26)15-17(4)25/h9-10,12-13,16H,5-8,11,14-15H2,1-4H3,(H,23,27). The minimum absolute atomic E-state index is 0.0101. The van der Waals surface area contributed by atoms with Crippen LogP contribution in [0.25, 0.3) is 0 Å². The molecule has 6 nitrogen and oxygen atoms in total. The van der Waals surface area contributed by atoms with E-state index < -0.39 is 0 Å². The van der Waals surface area contributed by atoms with E-state index in [1.807, 2.05) is 32.9 Å². The summed E-state index contributed by atoms with van der Waals surface area (Å²) >= 11 is 0. The van der Waals surface area contributed by atoms with E-state index in [4.69, 9.17) is 0 Å². The summed E-state index contributed by atoms with van der Waals surface area (Å²) in [5.74, 6) is -0.214. The average molecular weight is 389 g/mol. The number of benzene rings is 1. The van der Waals surface area contributed by atoms with Gasteiger partial charge in [-0.3, -0.25) is 19.2 Å². The quantitative estimate of drug-likeness (QED) is 0.555. The third-order valence-corrected chi connectivity index (χ3v) is 4.46. The van der Waals surface area contributed by atoms with Crippen molar-refractivity contribution in [1.29, 1.82) is 0 Å². The minimum atomic E-state index is -0.121. The van der Waals surface area contributed by atoms with Gasteiger partial charge in [0, 0.05) is 37.5 Å². The van der Waals surface area contributed by atoms with E-state index in [9.17, 15) is 19.2 Å². The number of anilines is 1. The Morgan fingerprint density at radius 1 is 1.00 bits per heavy atom. The number of carbonyl (C=O) groups excluding carboxylic acids is 4. The lowest BCUT2D eigenvalue weighted by molar-refractivity contribution is -0.133. The van der Waals surface area contributed by atoms with E-state index >= 15 is 0 Å². The number of rotatable bonds is 12. The summed E-state index contributed by atoms with van der Waals surface area (Å²) in [6, 6.07) is 7.49. The lowest BCUT2D eigenvalue weighted by Gasteiger charge is -2.25. The Morgan fingerprint density at radius 2 is 1.64 bits per heavy atom. The second kappa shape index (κ2) is 12.1. The highest BCUT2D eigenvalue weighted by Crippen LogP contribution is 2.13. The molecule has 6 heteroatoms. The number of ketones is 2. The van der Waals surface area contributed by atoms with Crippen molar-refractivity contribution < 1.29 is 19.2 Å². The number of aryl methyl sites for hydroxylation is 1. The maximum atomic E-state index is 12.1. The predicted octanol–water partition coefficient (Wildman–Crippen LogP) is 3.53. The van der Waals surface area contributed by atoms with E-state index in [-0.39, 0.29) is 35.8 Å². The summed E-state index contributed by atoms with van der Waals surface area (Å²) in [6.45, 7) is 8.01. The van der Waals surface area contributed by atoms with Crippen molar-refractivity contribution in [3.63, 3.8) is 0 Å². The first kappa shape index (κ1) is 23.5. The van der Waals surface area contributed by atoms with Gasteiger partial charge in [0.25, 0.3) is 0 Å². The molecular weight excluding hydrogens is 356 g/mol. The molecule has 0 heterocycles. The Bertz CT molecular complexity index is 680. The first-order chi connectivity index (χ1) is 13.2. The third kappa shape index (κ3) is 8.93. The Labute approximate surface area is 167 Å². The molecule has 0 spiro atoms. The summed E-state index contributed by atoms with van der Waals surface area (Å²) in [4.78, 5) is 48.5. The number of hydrogen-bond donors (Lipinski definition) is 1. The van der Waals surface area contributed by atoms with Gasteiger partial charge in [0.15, 0.2) is 0 Å². The molecule has 0 aromatic heterocycles. The van der Waals surface area contributed by atoms with E-state index in [0.29, 0.717) is 44.3 Å². The van der Waals surface area contributed by atoms with Crippen molar-refractivity contribution in [2.45, 2.75) is 72.3 Å². The first-order valence-corrected chi connectivity index (χ1v) is 9.92. The van der Waals surface area contributed by atoms with Crippen LogP contribution >= 0.6 is 0 Å². The molecule has 0 aliphatic heterocycles. The van der Waals surface area contributed by atoms with Crippen molar-refractivity contribution in [2.24, 2.45) is 0 Å². The lowest BCUT2D eigenvalue weighted by atomic mass is 10.0. The van der Waals surface area contributed by atoms with Crippen LogP contribution in [0, 0.1) is 0 Å². The smallest absolute Gasteiger partial charge is 0.224 e. The summed E-state index contributed by atoms with van der Waals surface area (Å²) in [5.41, 5.74) is 1.67. The van der Waals surface area contributed by atoms with Crippen molar-refractivity contribution >= 4 is 29.1 Å². The SMILES string of the molecule is CCN(C(=O)CCCC(=O)Nc1ccc(CCC(=O)CC(C)=O)cc1)C(C)C. The van der Waals surface area contributed by atoms with Crippen LogP contribution in [-0.4, -0.2) is 40.9 Å². The molecule has 0 saturated heterocycles. The molecule has 0 aliphatic rings. The van der Waals surface area contributed by atoms with Crippen molar-refractivity contribution in [2.75, 3.05) is 11.9 Å². The maximum absolute atomic E-state index is 12.1. The van der Waals surface area contributed by atoms with Crippen LogP contribution in [0.15, 0.2) is 24.3 Å². The number of Topliss-reactive ketones (excluding diaryl/α,β-unsaturated/α-hetero) is 2. The van der Waals surface area contributed by atoms with Gasteiger partial charge in [-0.1, -0.05) is 12.1 Å². The van der Waals surface area contributed by atoms with E-state index in [1.165, 1.54) is 6.92 Å². The van der Waals surface area contributed by atoms with Gasteiger partial charge in [-0.15, -0.1) is 0 Å². The molecule has 0 bridgehead atoms. The molecule has 1 aromatic rings. The monoisotopic (exact) mass is 388 g/mol. The normalized spacial score (nSPS) is 10.6. The molecule has 0 atom stereocenters. The lowest BCUT2D eigenvalue weighted by Crippen LogP contribution is -2.36. The number of nitrogens with one attached hydrogen (secondary N) is 1. The molecule has 1 aromatic carbocycles. The zero-order chi connectivity index (χ0) is 21.1. The van der Waals surface area contributed by atoms with Crippen LogP contribution in [0.2, 0.25) is 0 Å². The Morgan fingerprint density at radius 3 is 2.18 bits per heavy atom. The highest BCUT2D eigenvalue weighted by Gasteiger charge is 2.15. The molecule has 0 radical (unpaired) electrons. The van der Waals surface area contributed by atoms with Gasteiger partial charge in [0.1, 0.15) is 11.6 Å². The van der Waals surface area contributed by atoms with Gasteiger partial charge in [0.05, 0.1) is 6.42 Å². The van der Waals surface area contributed by atoms with Crippen LogP contribution in [0.3, 0.4) is 0 Å². The summed E-state index contributed by atoms with van der Waals surface area (Å²) in [5, 5.41) is 2.82. The van der Waals surface area contributed by atoms with Crippen molar-refractivity contribution in [3.05, 3.63) is 29.8 Å². The fraction of sp³-hybridized carbons (Fsp3) is 0.545. The number of carbonyl (C=O) groups is 4. The zero-order valence-corrected chi connectivity index (χ0v) is 17.4. The molecule has 0 aliphatic carbocycles. The number of hydrogen-bond acceptors (Lipinski definition) is 4. The first-order valence-electron chi connectivity index (χ1n) is 9.92. The molecule has 1 N–H and O–H groups in total. The second-order valence-corrected chi connectivity index (χ2v) is 7.29.